The van der Waals surface area contributed by atoms with Gasteiger partial charge in [0.25, 0.3) is 0 Å². The molecule has 1 heterocycles. The molecule has 150 valence electrons. The van der Waals surface area contributed by atoms with Gasteiger partial charge in [-0.05, 0) is 30.2 Å². The molecule has 1 amide bonds. The van der Waals surface area contributed by atoms with Gasteiger partial charge in [0.2, 0.25) is 12.7 Å². The Labute approximate surface area is 164 Å². The zero-order chi connectivity index (χ0) is 19.9. The first-order valence-corrected chi connectivity index (χ1v) is 9.14. The van der Waals surface area contributed by atoms with Crippen LogP contribution in [0.3, 0.4) is 0 Å². The van der Waals surface area contributed by atoms with Gasteiger partial charge < -0.3 is 29.4 Å². The Morgan fingerprint density at radius 2 is 1.89 bits per heavy atom. The third-order valence-corrected chi connectivity index (χ3v) is 4.65. The summed E-state index contributed by atoms with van der Waals surface area (Å²) in [6.07, 6.45) is 0.928. The number of fused-ring (bicyclic) bond motifs is 1. The van der Waals surface area contributed by atoms with Crippen molar-refractivity contribution in [1.29, 1.82) is 0 Å². The molecule has 7 heteroatoms. The molecule has 0 saturated carbocycles. The van der Waals surface area contributed by atoms with E-state index in [1.807, 2.05) is 24.3 Å². The van der Waals surface area contributed by atoms with Crippen LogP contribution in [0.2, 0.25) is 0 Å². The minimum absolute atomic E-state index is 0.0669. The number of hydrogen-bond acceptors (Lipinski definition) is 6. The molecular weight excluding hydrogens is 362 g/mol. The zero-order valence-corrected chi connectivity index (χ0v) is 16.1. The molecule has 7 nitrogen and oxygen atoms in total. The van der Waals surface area contributed by atoms with Crippen LogP contribution in [0.25, 0.3) is 0 Å². The predicted molar refractivity (Wildman–Crippen MR) is 103 cm³/mol. The lowest BCUT2D eigenvalue weighted by atomic mass is 9.87. The van der Waals surface area contributed by atoms with E-state index in [0.29, 0.717) is 30.2 Å². The molecule has 1 aliphatic heterocycles. The number of carbonyl (C=O) groups is 1. The molecule has 1 atom stereocenters. The fraction of sp³-hybridized carbons (Fsp3) is 0.381. The molecule has 0 spiro atoms. The summed E-state index contributed by atoms with van der Waals surface area (Å²) in [7, 11) is 3.23. The molecule has 28 heavy (non-hydrogen) atoms. The van der Waals surface area contributed by atoms with Crippen LogP contribution >= 0.6 is 0 Å². The summed E-state index contributed by atoms with van der Waals surface area (Å²) >= 11 is 0. The summed E-state index contributed by atoms with van der Waals surface area (Å²) < 4.78 is 21.0. The summed E-state index contributed by atoms with van der Waals surface area (Å²) in [4.78, 5) is 12.5. The van der Waals surface area contributed by atoms with Crippen molar-refractivity contribution >= 4 is 5.91 Å². The van der Waals surface area contributed by atoms with Crippen molar-refractivity contribution in [2.24, 2.45) is 0 Å². The molecule has 3 rings (SSSR count). The van der Waals surface area contributed by atoms with Crippen LogP contribution in [-0.4, -0.2) is 45.2 Å². The smallest absolute Gasteiger partial charge is 0.231 e. The van der Waals surface area contributed by atoms with E-state index in [0.717, 1.165) is 17.7 Å². The number of phenolic OH excluding ortho intramolecular Hbond substituents is 1. The average molecular weight is 387 g/mol. The molecule has 0 aliphatic carbocycles. The van der Waals surface area contributed by atoms with Crippen molar-refractivity contribution in [3.05, 3.63) is 47.5 Å². The SMILES string of the molecule is COCCCNC(=O)CC(c1ccc(OC)cc1)c1cc2c(cc1O)OCO2. The van der Waals surface area contributed by atoms with Crippen molar-refractivity contribution in [3.8, 4) is 23.0 Å². The van der Waals surface area contributed by atoms with E-state index in [1.165, 1.54) is 6.07 Å². The lowest BCUT2D eigenvalue weighted by Gasteiger charge is -2.20. The number of amides is 1. The maximum Gasteiger partial charge on any atom is 0.231 e. The molecule has 0 radical (unpaired) electrons. The summed E-state index contributed by atoms with van der Waals surface area (Å²) in [6.45, 7) is 1.24. The summed E-state index contributed by atoms with van der Waals surface area (Å²) in [6, 6.07) is 10.7. The van der Waals surface area contributed by atoms with Gasteiger partial charge in [0.05, 0.1) is 7.11 Å². The van der Waals surface area contributed by atoms with Crippen LogP contribution < -0.4 is 19.5 Å². The highest BCUT2D eigenvalue weighted by atomic mass is 16.7. The van der Waals surface area contributed by atoms with Gasteiger partial charge in [-0.1, -0.05) is 12.1 Å². The quantitative estimate of drug-likeness (QED) is 0.644. The monoisotopic (exact) mass is 387 g/mol. The van der Waals surface area contributed by atoms with E-state index in [-0.39, 0.29) is 30.8 Å². The minimum atomic E-state index is -0.345. The third-order valence-electron chi connectivity index (χ3n) is 4.65. The molecule has 0 aromatic heterocycles. The number of aromatic hydroxyl groups is 1. The molecule has 0 bridgehead atoms. The number of rotatable bonds is 9. The second-order valence-corrected chi connectivity index (χ2v) is 6.49. The molecule has 0 fully saturated rings. The predicted octanol–water partition coefficient (Wildman–Crippen LogP) is 2.80. The first kappa shape index (κ1) is 19.8. The largest absolute Gasteiger partial charge is 0.508 e. The van der Waals surface area contributed by atoms with Crippen LogP contribution in [0, 0.1) is 0 Å². The van der Waals surface area contributed by atoms with Crippen molar-refractivity contribution in [3.63, 3.8) is 0 Å². The Bertz CT molecular complexity index is 805. The Morgan fingerprint density at radius 3 is 2.57 bits per heavy atom. The Balaban J connectivity index is 1.85. The summed E-state index contributed by atoms with van der Waals surface area (Å²) in [5, 5.41) is 13.5. The van der Waals surface area contributed by atoms with E-state index in [4.69, 9.17) is 18.9 Å². The van der Waals surface area contributed by atoms with Gasteiger partial charge in [0.15, 0.2) is 11.5 Å². The average Bonchev–Trinajstić information content (AvgIpc) is 3.16. The van der Waals surface area contributed by atoms with Gasteiger partial charge >= 0.3 is 0 Å². The lowest BCUT2D eigenvalue weighted by Crippen LogP contribution is -2.27. The van der Waals surface area contributed by atoms with Crippen LogP contribution in [0.1, 0.15) is 29.9 Å². The Kier molecular flexibility index (Phi) is 6.60. The maximum atomic E-state index is 12.5. The standard InChI is InChI=1S/C21H25NO6/c1-25-9-3-8-22-21(24)11-16(14-4-6-15(26-2)7-5-14)17-10-19-20(12-18(17)23)28-13-27-19/h4-7,10,12,16,23H,3,8-9,11,13H2,1-2H3,(H,22,24). The Hall–Kier alpha value is -2.93. The Morgan fingerprint density at radius 1 is 1.18 bits per heavy atom. The number of hydrogen-bond donors (Lipinski definition) is 2. The molecule has 1 unspecified atom stereocenters. The molecule has 2 aromatic carbocycles. The van der Waals surface area contributed by atoms with Gasteiger partial charge in [-0.25, -0.2) is 0 Å². The van der Waals surface area contributed by atoms with E-state index in [1.54, 1.807) is 20.3 Å². The van der Waals surface area contributed by atoms with Gasteiger partial charge in [0.1, 0.15) is 11.5 Å². The summed E-state index contributed by atoms with van der Waals surface area (Å²) in [5.41, 5.74) is 1.50. The van der Waals surface area contributed by atoms with Crippen molar-refractivity contribution < 1.29 is 28.8 Å². The highest BCUT2D eigenvalue weighted by Crippen LogP contribution is 2.43. The van der Waals surface area contributed by atoms with Gasteiger partial charge in [-0.15, -0.1) is 0 Å². The molecule has 2 N–H and O–H groups in total. The third kappa shape index (κ3) is 4.67. The maximum absolute atomic E-state index is 12.5. The zero-order valence-electron chi connectivity index (χ0n) is 16.1. The summed E-state index contributed by atoms with van der Waals surface area (Å²) in [5.74, 6) is 1.40. The second-order valence-electron chi connectivity index (χ2n) is 6.49. The van der Waals surface area contributed by atoms with E-state index in [2.05, 4.69) is 5.32 Å². The molecule has 1 aliphatic rings. The normalized spacial score (nSPS) is 13.2. The van der Waals surface area contributed by atoms with Crippen molar-refractivity contribution in [1.82, 2.24) is 5.32 Å². The second kappa shape index (κ2) is 9.32. The van der Waals surface area contributed by atoms with Crippen LogP contribution in [-0.2, 0) is 9.53 Å². The van der Waals surface area contributed by atoms with Crippen LogP contribution in [0.15, 0.2) is 36.4 Å². The van der Waals surface area contributed by atoms with Crippen LogP contribution in [0.5, 0.6) is 23.0 Å². The van der Waals surface area contributed by atoms with Crippen LogP contribution in [0.4, 0.5) is 0 Å². The lowest BCUT2D eigenvalue weighted by molar-refractivity contribution is -0.121. The number of carbonyl (C=O) groups excluding carboxylic acids is 1. The van der Waals surface area contributed by atoms with E-state index >= 15 is 0 Å². The number of benzene rings is 2. The first-order valence-electron chi connectivity index (χ1n) is 9.14. The number of phenols is 1. The van der Waals surface area contributed by atoms with E-state index < -0.39 is 0 Å². The number of nitrogens with one attached hydrogen (secondary N) is 1. The topological polar surface area (TPSA) is 86.3 Å². The van der Waals surface area contributed by atoms with E-state index in [9.17, 15) is 9.90 Å². The number of ether oxygens (including phenoxy) is 4. The molecule has 2 aromatic rings. The van der Waals surface area contributed by atoms with Gasteiger partial charge in [-0.2, -0.15) is 0 Å². The number of methoxy groups -OCH3 is 2. The minimum Gasteiger partial charge on any atom is -0.508 e. The first-order chi connectivity index (χ1) is 13.6. The highest BCUT2D eigenvalue weighted by Gasteiger charge is 2.25. The highest BCUT2D eigenvalue weighted by molar-refractivity contribution is 5.78. The fourth-order valence-electron chi connectivity index (χ4n) is 3.17. The van der Waals surface area contributed by atoms with Gasteiger partial charge in [0, 0.05) is 44.2 Å². The molecule has 0 saturated heterocycles. The van der Waals surface area contributed by atoms with Crippen molar-refractivity contribution in [2.75, 3.05) is 34.2 Å². The van der Waals surface area contributed by atoms with Crippen molar-refractivity contribution in [2.45, 2.75) is 18.8 Å². The molecular formula is C21H25NO6. The fourth-order valence-corrected chi connectivity index (χ4v) is 3.17. The van der Waals surface area contributed by atoms with Gasteiger partial charge in [-0.3, -0.25) is 4.79 Å².